The third-order valence-corrected chi connectivity index (χ3v) is 7.26. The van der Waals surface area contributed by atoms with E-state index < -0.39 is 21.5 Å². The number of hydrogen-bond donors (Lipinski definition) is 2. The lowest BCUT2D eigenvalue weighted by Gasteiger charge is -2.26. The highest BCUT2D eigenvalue weighted by atomic mass is 32.2. The number of rotatable bonds is 6. The van der Waals surface area contributed by atoms with Gasteiger partial charge in [0.05, 0.1) is 10.6 Å². The highest BCUT2D eigenvalue weighted by molar-refractivity contribution is 7.99. The number of thioether (sulfide) groups is 1. The molecule has 156 valence electrons. The molecular weight excluding hydrogens is 416 g/mol. The zero-order valence-corrected chi connectivity index (χ0v) is 17.5. The van der Waals surface area contributed by atoms with Crippen molar-refractivity contribution in [3.63, 3.8) is 0 Å². The van der Waals surface area contributed by atoms with E-state index in [1.165, 1.54) is 23.4 Å². The van der Waals surface area contributed by atoms with Crippen molar-refractivity contribution in [2.45, 2.75) is 36.2 Å². The van der Waals surface area contributed by atoms with Crippen LogP contribution in [0.2, 0.25) is 0 Å². The second-order valence-electron chi connectivity index (χ2n) is 6.57. The molecule has 1 aromatic heterocycles. The van der Waals surface area contributed by atoms with Gasteiger partial charge >= 0.3 is 0 Å². The zero-order chi connectivity index (χ0) is 21.0. The van der Waals surface area contributed by atoms with Crippen molar-refractivity contribution in [2.24, 2.45) is 0 Å². The number of amides is 1. The van der Waals surface area contributed by atoms with E-state index in [2.05, 4.69) is 15.5 Å². The van der Waals surface area contributed by atoms with Crippen molar-refractivity contribution in [2.75, 3.05) is 30.0 Å². The third kappa shape index (κ3) is 4.95. The number of benzene rings is 1. The normalized spacial score (nSPS) is 15.2. The first-order valence-corrected chi connectivity index (χ1v) is 11.5. The number of sulfonamides is 1. The van der Waals surface area contributed by atoms with Gasteiger partial charge in [-0.15, -0.1) is 10.2 Å². The van der Waals surface area contributed by atoms with Gasteiger partial charge in [0.2, 0.25) is 21.1 Å². The van der Waals surface area contributed by atoms with Gasteiger partial charge in [-0.05, 0) is 38.0 Å². The Balaban J connectivity index is 1.66. The molecule has 0 spiro atoms. The van der Waals surface area contributed by atoms with Crippen LogP contribution in [0.25, 0.3) is 0 Å². The quantitative estimate of drug-likeness (QED) is 0.493. The fourth-order valence-corrected chi connectivity index (χ4v) is 5.10. The fourth-order valence-electron chi connectivity index (χ4n) is 2.88. The minimum Gasteiger partial charge on any atom is -0.334 e. The molecule has 0 unspecified atom stereocenters. The summed E-state index contributed by atoms with van der Waals surface area (Å²) in [6, 6.07) is 6.16. The van der Waals surface area contributed by atoms with Crippen molar-refractivity contribution in [3.05, 3.63) is 40.3 Å². The second kappa shape index (κ2) is 8.93. The maximum absolute atomic E-state index is 12.8. The lowest BCUT2D eigenvalue weighted by atomic mass is 10.2. The molecule has 0 saturated carbocycles. The number of anilines is 1. The van der Waals surface area contributed by atoms with E-state index in [1.54, 1.807) is 12.1 Å². The molecule has 12 heteroatoms. The number of aryl methyl sites for hydroxylation is 1. The lowest BCUT2D eigenvalue weighted by molar-refractivity contribution is -0.113. The molecule has 0 bridgehead atoms. The van der Waals surface area contributed by atoms with Crippen LogP contribution in [0.1, 0.15) is 25.0 Å². The Hall–Kier alpha value is -2.44. The van der Waals surface area contributed by atoms with Crippen LogP contribution in [0.4, 0.5) is 5.69 Å². The SMILES string of the molecule is Cc1nnc(SCC(=O)Nc2cccc(S(=O)(=O)N3CCCCC3)c2)n(N)c1=O. The summed E-state index contributed by atoms with van der Waals surface area (Å²) < 4.78 is 27.9. The first kappa shape index (κ1) is 21.3. The summed E-state index contributed by atoms with van der Waals surface area (Å²) in [6.07, 6.45) is 2.73. The molecule has 1 fully saturated rings. The Morgan fingerprint density at radius 2 is 1.97 bits per heavy atom. The highest BCUT2D eigenvalue weighted by Gasteiger charge is 2.26. The minimum atomic E-state index is -3.59. The summed E-state index contributed by atoms with van der Waals surface area (Å²) in [7, 11) is -3.59. The van der Waals surface area contributed by atoms with Crippen LogP contribution in [0.3, 0.4) is 0 Å². The maximum atomic E-state index is 12.8. The third-order valence-electron chi connectivity index (χ3n) is 4.42. The van der Waals surface area contributed by atoms with E-state index >= 15 is 0 Å². The number of nitrogen functional groups attached to an aromatic ring is 1. The molecular formula is C17H22N6O4S2. The monoisotopic (exact) mass is 438 g/mol. The summed E-state index contributed by atoms with van der Waals surface area (Å²) in [5.41, 5.74) is 0.0420. The van der Waals surface area contributed by atoms with Crippen LogP contribution in [-0.4, -0.2) is 52.3 Å². The first-order valence-electron chi connectivity index (χ1n) is 9.03. The van der Waals surface area contributed by atoms with E-state index in [9.17, 15) is 18.0 Å². The van der Waals surface area contributed by atoms with E-state index in [0.717, 1.165) is 35.7 Å². The van der Waals surface area contributed by atoms with Crippen LogP contribution < -0.4 is 16.7 Å². The summed E-state index contributed by atoms with van der Waals surface area (Å²) in [6.45, 7) is 2.51. The molecule has 0 atom stereocenters. The molecule has 1 saturated heterocycles. The van der Waals surface area contributed by atoms with Crippen LogP contribution in [0, 0.1) is 6.92 Å². The average molecular weight is 439 g/mol. The predicted octanol–water partition coefficient (Wildman–Crippen LogP) is 0.566. The van der Waals surface area contributed by atoms with Crippen molar-refractivity contribution >= 4 is 33.4 Å². The number of hydrogen-bond acceptors (Lipinski definition) is 8. The molecule has 0 aliphatic carbocycles. The number of nitrogens with zero attached hydrogens (tertiary/aromatic N) is 4. The summed E-state index contributed by atoms with van der Waals surface area (Å²) in [4.78, 5) is 24.1. The van der Waals surface area contributed by atoms with Crippen molar-refractivity contribution in [1.82, 2.24) is 19.2 Å². The molecule has 1 aromatic carbocycles. The number of aromatic nitrogens is 3. The lowest BCUT2D eigenvalue weighted by Crippen LogP contribution is -2.35. The molecule has 29 heavy (non-hydrogen) atoms. The molecule has 1 aliphatic heterocycles. The number of carbonyl (C=O) groups excluding carboxylic acids is 1. The number of nitrogens with two attached hydrogens (primary N) is 1. The molecule has 1 aliphatic rings. The van der Waals surface area contributed by atoms with E-state index in [4.69, 9.17) is 5.84 Å². The Morgan fingerprint density at radius 3 is 2.69 bits per heavy atom. The topological polar surface area (TPSA) is 140 Å². The van der Waals surface area contributed by atoms with Gasteiger partial charge in [0.1, 0.15) is 5.69 Å². The number of nitrogens with one attached hydrogen (secondary N) is 1. The summed E-state index contributed by atoms with van der Waals surface area (Å²) >= 11 is 0.956. The fraction of sp³-hybridized carbons (Fsp3) is 0.412. The van der Waals surface area contributed by atoms with Gasteiger partial charge in [-0.1, -0.05) is 24.2 Å². The standard InChI is InChI=1S/C17H22N6O4S2/c1-12-16(25)23(18)17(21-20-12)28-11-15(24)19-13-6-5-7-14(10-13)29(26,27)22-8-3-2-4-9-22/h5-7,10H,2-4,8-9,11,18H2,1H3,(H,19,24). The van der Waals surface area contributed by atoms with E-state index in [0.29, 0.717) is 18.8 Å². The van der Waals surface area contributed by atoms with Gasteiger partial charge < -0.3 is 11.2 Å². The Labute approximate surface area is 172 Å². The molecule has 2 heterocycles. The van der Waals surface area contributed by atoms with E-state index in [-0.39, 0.29) is 21.5 Å². The van der Waals surface area contributed by atoms with Crippen LogP contribution in [0.15, 0.2) is 39.1 Å². The van der Waals surface area contributed by atoms with Crippen LogP contribution in [0.5, 0.6) is 0 Å². The minimum absolute atomic E-state index is 0.0719. The second-order valence-corrected chi connectivity index (χ2v) is 9.45. The Bertz CT molecular complexity index is 1060. The van der Waals surface area contributed by atoms with Gasteiger partial charge in [-0.3, -0.25) is 9.59 Å². The van der Waals surface area contributed by atoms with Gasteiger partial charge in [-0.25, -0.2) is 8.42 Å². The Kier molecular flexibility index (Phi) is 6.55. The smallest absolute Gasteiger partial charge is 0.294 e. The van der Waals surface area contributed by atoms with Crippen molar-refractivity contribution in [1.29, 1.82) is 0 Å². The van der Waals surface area contributed by atoms with Gasteiger partial charge in [0.15, 0.2) is 0 Å². The predicted molar refractivity (Wildman–Crippen MR) is 110 cm³/mol. The van der Waals surface area contributed by atoms with Gasteiger partial charge in [0.25, 0.3) is 5.56 Å². The summed E-state index contributed by atoms with van der Waals surface area (Å²) in [5, 5.41) is 10.3. The first-order chi connectivity index (χ1) is 13.8. The highest BCUT2D eigenvalue weighted by Crippen LogP contribution is 2.23. The molecule has 0 radical (unpaired) electrons. The molecule has 10 nitrogen and oxygen atoms in total. The van der Waals surface area contributed by atoms with E-state index in [1.807, 2.05) is 0 Å². The Morgan fingerprint density at radius 1 is 1.24 bits per heavy atom. The average Bonchev–Trinajstić information content (AvgIpc) is 2.72. The molecule has 3 rings (SSSR count). The maximum Gasteiger partial charge on any atom is 0.294 e. The molecule has 3 N–H and O–H groups in total. The zero-order valence-electron chi connectivity index (χ0n) is 15.9. The summed E-state index contributed by atoms with van der Waals surface area (Å²) in [5.74, 6) is 5.18. The van der Waals surface area contributed by atoms with Crippen molar-refractivity contribution in [3.8, 4) is 0 Å². The van der Waals surface area contributed by atoms with Crippen LogP contribution >= 0.6 is 11.8 Å². The van der Waals surface area contributed by atoms with Gasteiger partial charge in [0, 0.05) is 18.8 Å². The molecule has 2 aromatic rings. The van der Waals surface area contributed by atoms with Crippen LogP contribution in [-0.2, 0) is 14.8 Å². The van der Waals surface area contributed by atoms with Crippen molar-refractivity contribution < 1.29 is 13.2 Å². The number of piperidine rings is 1. The van der Waals surface area contributed by atoms with Gasteiger partial charge in [-0.2, -0.15) is 8.98 Å². The largest absolute Gasteiger partial charge is 0.334 e. The number of carbonyl (C=O) groups is 1. The molecule has 1 amide bonds.